The van der Waals surface area contributed by atoms with Crippen molar-refractivity contribution in [3.63, 3.8) is 0 Å². The Morgan fingerprint density at radius 1 is 1.06 bits per heavy atom. The number of rotatable bonds is 4. The van der Waals surface area contributed by atoms with Crippen LogP contribution in [0.15, 0.2) is 73.3 Å². The van der Waals surface area contributed by atoms with Crippen LogP contribution >= 0.6 is 0 Å². The average Bonchev–Trinajstić information content (AvgIpc) is 3.47. The van der Waals surface area contributed by atoms with Crippen LogP contribution in [0.4, 0.5) is 5.82 Å². The molecule has 35 heavy (non-hydrogen) atoms. The summed E-state index contributed by atoms with van der Waals surface area (Å²) in [5.74, 6) is 6.07. The number of fused-ring (bicyclic) bond motifs is 1. The summed E-state index contributed by atoms with van der Waals surface area (Å²) in [5, 5.41) is 7.14. The van der Waals surface area contributed by atoms with Crippen molar-refractivity contribution in [1.29, 1.82) is 0 Å². The topological polar surface area (TPSA) is 116 Å². The Morgan fingerprint density at radius 2 is 1.86 bits per heavy atom. The summed E-state index contributed by atoms with van der Waals surface area (Å²) < 4.78 is 3.72. The van der Waals surface area contributed by atoms with Gasteiger partial charge in [-0.25, -0.2) is 15.0 Å². The molecule has 0 aliphatic heterocycles. The lowest BCUT2D eigenvalue weighted by Crippen LogP contribution is -2.29. The second-order valence-electron chi connectivity index (χ2n) is 7.95. The fourth-order valence-electron chi connectivity index (χ4n) is 3.86. The Morgan fingerprint density at radius 3 is 2.60 bits per heavy atom. The quantitative estimate of drug-likeness (QED) is 0.397. The predicted octanol–water partition coefficient (Wildman–Crippen LogP) is 3.00. The molecule has 9 nitrogen and oxygen atoms in total. The molecule has 0 saturated carbocycles. The fourth-order valence-corrected chi connectivity index (χ4v) is 3.86. The first kappa shape index (κ1) is 21.9. The van der Waals surface area contributed by atoms with E-state index in [1.54, 1.807) is 10.9 Å². The zero-order chi connectivity index (χ0) is 24.4. The summed E-state index contributed by atoms with van der Waals surface area (Å²) in [4.78, 5) is 25.8. The van der Waals surface area contributed by atoms with Gasteiger partial charge in [-0.3, -0.25) is 13.9 Å². The van der Waals surface area contributed by atoms with E-state index in [9.17, 15) is 4.79 Å². The van der Waals surface area contributed by atoms with E-state index in [4.69, 9.17) is 10.7 Å². The minimum absolute atomic E-state index is 0.0726. The Hall–Kier alpha value is -4.97. The molecule has 1 aromatic carbocycles. The van der Waals surface area contributed by atoms with Gasteiger partial charge in [0.1, 0.15) is 5.65 Å². The highest BCUT2D eigenvalue weighted by atomic mass is 16.2. The van der Waals surface area contributed by atoms with E-state index >= 15 is 0 Å². The third-order valence-electron chi connectivity index (χ3n) is 5.46. The number of carbonyl (C=O) groups is 1. The molecule has 5 rings (SSSR count). The summed E-state index contributed by atoms with van der Waals surface area (Å²) in [6, 6.07) is 15.2. The lowest BCUT2D eigenvalue weighted by Gasteiger charge is -2.15. The van der Waals surface area contributed by atoms with E-state index in [1.807, 2.05) is 73.1 Å². The molecule has 0 radical (unpaired) electrons. The van der Waals surface area contributed by atoms with E-state index in [2.05, 4.69) is 32.2 Å². The Kier molecular flexibility index (Phi) is 5.69. The van der Waals surface area contributed by atoms with Crippen LogP contribution in [0.1, 0.15) is 40.4 Å². The molecule has 1 amide bonds. The van der Waals surface area contributed by atoms with Gasteiger partial charge >= 0.3 is 0 Å². The smallest absolute Gasteiger partial charge is 0.274 e. The van der Waals surface area contributed by atoms with Gasteiger partial charge in [0.05, 0.1) is 34.9 Å². The van der Waals surface area contributed by atoms with Crippen molar-refractivity contribution in [1.82, 2.24) is 34.4 Å². The highest BCUT2D eigenvalue weighted by molar-refractivity contribution is 5.96. The van der Waals surface area contributed by atoms with Crippen molar-refractivity contribution in [2.45, 2.75) is 13.0 Å². The summed E-state index contributed by atoms with van der Waals surface area (Å²) >= 11 is 0. The number of carbonyl (C=O) groups excluding carboxylic acids is 1. The normalized spacial score (nSPS) is 11.6. The molecule has 1 atom stereocenters. The van der Waals surface area contributed by atoms with E-state index in [0.29, 0.717) is 5.69 Å². The third kappa shape index (κ3) is 4.32. The molecule has 0 saturated heterocycles. The number of nitrogens with one attached hydrogen (secondary N) is 1. The first-order chi connectivity index (χ1) is 17.0. The van der Waals surface area contributed by atoms with E-state index in [0.717, 1.165) is 28.2 Å². The number of amides is 1. The summed E-state index contributed by atoms with van der Waals surface area (Å²) in [6.45, 7) is 1.87. The number of nitrogens with two attached hydrogens (primary N) is 1. The molecule has 0 spiro atoms. The van der Waals surface area contributed by atoms with Crippen LogP contribution < -0.4 is 11.1 Å². The number of aromatic nitrogens is 6. The number of nitrogens with zero attached hydrogens (tertiary/aromatic N) is 6. The van der Waals surface area contributed by atoms with Crippen molar-refractivity contribution in [3.05, 3.63) is 96.0 Å². The van der Waals surface area contributed by atoms with Crippen LogP contribution in [0, 0.1) is 11.8 Å². The van der Waals surface area contributed by atoms with Crippen molar-refractivity contribution < 1.29 is 4.79 Å². The van der Waals surface area contributed by atoms with Crippen LogP contribution in [0.25, 0.3) is 16.9 Å². The standard InChI is InChI=1S/C26H22N8O/c1-17(31-26(35)23-25(27)29-14-13-28-23)22-24(19-7-4-3-5-8-19)34-20(9-6-10-21(34)32-22)12-11-18-15-30-33(2)16-18/h3-10,13-17H,1-2H3,(H2,27,29)(H,31,35)/t17-/m1/s1. The molecule has 0 unspecified atom stereocenters. The third-order valence-corrected chi connectivity index (χ3v) is 5.46. The maximum Gasteiger partial charge on any atom is 0.274 e. The molecule has 172 valence electrons. The molecule has 0 aliphatic carbocycles. The maximum absolute atomic E-state index is 12.9. The molecule has 4 aromatic heterocycles. The van der Waals surface area contributed by atoms with Crippen molar-refractivity contribution in [2.24, 2.45) is 7.05 Å². The maximum atomic E-state index is 12.9. The summed E-state index contributed by atoms with van der Waals surface area (Å²) in [5.41, 5.74) is 10.7. The van der Waals surface area contributed by atoms with Gasteiger partial charge in [0.2, 0.25) is 0 Å². The average molecular weight is 463 g/mol. The van der Waals surface area contributed by atoms with Gasteiger partial charge < -0.3 is 11.1 Å². The number of hydrogen-bond donors (Lipinski definition) is 2. The first-order valence-electron chi connectivity index (χ1n) is 11.0. The SMILES string of the molecule is C[C@@H](NC(=O)c1nccnc1N)c1nc2cccc(C#Cc3cnn(C)c3)n2c1-c1ccccc1. The van der Waals surface area contributed by atoms with Gasteiger partial charge in [0, 0.05) is 31.2 Å². The molecule has 5 aromatic rings. The zero-order valence-electron chi connectivity index (χ0n) is 19.2. The second kappa shape index (κ2) is 9.11. The van der Waals surface area contributed by atoms with Crippen LogP contribution in [0.5, 0.6) is 0 Å². The Labute approximate surface area is 201 Å². The number of anilines is 1. The van der Waals surface area contributed by atoms with Gasteiger partial charge in [-0.05, 0) is 25.0 Å². The molecule has 3 N–H and O–H groups in total. The molecular formula is C26H22N8O. The second-order valence-corrected chi connectivity index (χ2v) is 7.95. The van der Waals surface area contributed by atoms with Crippen molar-refractivity contribution in [2.75, 3.05) is 5.73 Å². The highest BCUT2D eigenvalue weighted by Crippen LogP contribution is 2.30. The molecule has 9 heteroatoms. The van der Waals surface area contributed by atoms with Gasteiger partial charge in [0.15, 0.2) is 11.5 Å². The summed E-state index contributed by atoms with van der Waals surface area (Å²) in [6.07, 6.45) is 6.46. The lowest BCUT2D eigenvalue weighted by molar-refractivity contribution is 0.0935. The van der Waals surface area contributed by atoms with E-state index < -0.39 is 11.9 Å². The number of nitrogen functional groups attached to an aromatic ring is 1. The minimum atomic E-state index is -0.446. The largest absolute Gasteiger partial charge is 0.382 e. The lowest BCUT2D eigenvalue weighted by atomic mass is 10.1. The number of pyridine rings is 1. The molecule has 0 bridgehead atoms. The zero-order valence-corrected chi connectivity index (χ0v) is 19.2. The van der Waals surface area contributed by atoms with Gasteiger partial charge in [0.25, 0.3) is 5.91 Å². The monoisotopic (exact) mass is 462 g/mol. The van der Waals surface area contributed by atoms with Crippen LogP contribution in [-0.4, -0.2) is 35.0 Å². The molecule has 0 aliphatic rings. The number of benzene rings is 1. The van der Waals surface area contributed by atoms with E-state index in [1.165, 1.54) is 12.4 Å². The van der Waals surface area contributed by atoms with Crippen LogP contribution in [0.3, 0.4) is 0 Å². The van der Waals surface area contributed by atoms with Crippen LogP contribution in [0.2, 0.25) is 0 Å². The Bertz CT molecular complexity index is 1590. The van der Waals surface area contributed by atoms with Crippen molar-refractivity contribution >= 4 is 17.4 Å². The van der Waals surface area contributed by atoms with Gasteiger partial charge in [-0.15, -0.1) is 0 Å². The van der Waals surface area contributed by atoms with Gasteiger partial charge in [-0.1, -0.05) is 42.3 Å². The summed E-state index contributed by atoms with van der Waals surface area (Å²) in [7, 11) is 1.85. The first-order valence-corrected chi connectivity index (χ1v) is 11.0. The van der Waals surface area contributed by atoms with E-state index in [-0.39, 0.29) is 11.5 Å². The minimum Gasteiger partial charge on any atom is -0.382 e. The Balaban J connectivity index is 1.62. The number of hydrogen-bond acceptors (Lipinski definition) is 6. The van der Waals surface area contributed by atoms with Gasteiger partial charge in [-0.2, -0.15) is 5.10 Å². The molecule has 4 heterocycles. The van der Waals surface area contributed by atoms with Crippen molar-refractivity contribution in [3.8, 4) is 23.1 Å². The predicted molar refractivity (Wildman–Crippen MR) is 132 cm³/mol. The molecule has 0 fully saturated rings. The molecular weight excluding hydrogens is 440 g/mol. The fraction of sp³-hybridized carbons (Fsp3) is 0.115. The number of aryl methyl sites for hydroxylation is 1. The number of imidazole rings is 1. The van der Waals surface area contributed by atoms with Crippen LogP contribution in [-0.2, 0) is 7.05 Å². The highest BCUT2D eigenvalue weighted by Gasteiger charge is 2.23.